The molecule has 0 fully saturated rings. The summed E-state index contributed by atoms with van der Waals surface area (Å²) >= 11 is 0. The van der Waals surface area contributed by atoms with Crippen LogP contribution in [0.2, 0.25) is 0 Å². The molecular weight excluding hydrogens is 273 g/mol. The zero-order valence-corrected chi connectivity index (χ0v) is 11.2. The molecule has 0 saturated carbocycles. The van der Waals surface area contributed by atoms with Gasteiger partial charge in [-0.15, -0.1) is 5.10 Å². The predicted molar refractivity (Wildman–Crippen MR) is 73.5 cm³/mol. The lowest BCUT2D eigenvalue weighted by atomic mass is 10.2. The maximum absolute atomic E-state index is 13.0. The minimum Gasteiger partial charge on any atom is -0.446 e. The van der Waals surface area contributed by atoms with Gasteiger partial charge in [-0.3, -0.25) is 9.78 Å². The molecular formula is C15H12FN3O2. The fourth-order valence-electron chi connectivity index (χ4n) is 2.02. The topological polar surface area (TPSA) is 54.8 Å². The number of ether oxygens (including phenoxy) is 1. The number of nitrogens with zero attached hydrogens (tertiary/aromatic N) is 3. The van der Waals surface area contributed by atoms with Crippen LogP contribution in [0.15, 0.2) is 53.9 Å². The molecule has 0 saturated heterocycles. The highest BCUT2D eigenvalue weighted by Crippen LogP contribution is 2.30. The van der Waals surface area contributed by atoms with Crippen LogP contribution in [-0.2, 0) is 9.53 Å². The maximum atomic E-state index is 13.0. The Morgan fingerprint density at radius 1 is 1.29 bits per heavy atom. The minimum atomic E-state index is -0.696. The van der Waals surface area contributed by atoms with E-state index in [0.29, 0.717) is 17.0 Å². The Bertz CT molecular complexity index is 686. The van der Waals surface area contributed by atoms with Crippen molar-refractivity contribution in [1.82, 2.24) is 9.99 Å². The Balaban J connectivity index is 1.93. The summed E-state index contributed by atoms with van der Waals surface area (Å²) in [6.07, 6.45) is 2.54. The van der Waals surface area contributed by atoms with Crippen LogP contribution in [0.4, 0.5) is 4.39 Å². The van der Waals surface area contributed by atoms with Crippen molar-refractivity contribution in [2.45, 2.75) is 13.2 Å². The lowest BCUT2D eigenvalue weighted by molar-refractivity contribution is -0.135. The number of benzene rings is 1. The Labute approximate surface area is 120 Å². The average molecular weight is 285 g/mol. The van der Waals surface area contributed by atoms with Crippen molar-refractivity contribution < 1.29 is 13.9 Å². The van der Waals surface area contributed by atoms with Crippen LogP contribution >= 0.6 is 0 Å². The number of carbonyl (C=O) groups is 1. The van der Waals surface area contributed by atoms with Gasteiger partial charge in [0.1, 0.15) is 5.82 Å². The lowest BCUT2D eigenvalue weighted by Crippen LogP contribution is -2.25. The normalized spacial score (nSPS) is 17.3. The molecule has 0 N–H and O–H groups in total. The lowest BCUT2D eigenvalue weighted by Gasteiger charge is -2.19. The quantitative estimate of drug-likeness (QED) is 0.851. The second kappa shape index (κ2) is 5.32. The van der Waals surface area contributed by atoms with E-state index in [1.165, 1.54) is 24.1 Å². The summed E-state index contributed by atoms with van der Waals surface area (Å²) < 4.78 is 18.8. The molecule has 0 unspecified atom stereocenters. The van der Waals surface area contributed by atoms with Gasteiger partial charge in [-0.1, -0.05) is 12.1 Å². The van der Waals surface area contributed by atoms with E-state index < -0.39 is 6.23 Å². The first-order valence-corrected chi connectivity index (χ1v) is 6.36. The summed E-state index contributed by atoms with van der Waals surface area (Å²) in [7, 11) is 0. The molecule has 5 nitrogen and oxygen atoms in total. The summed E-state index contributed by atoms with van der Waals surface area (Å²) in [6, 6.07) is 9.31. The standard InChI is InChI=1S/C15H12FN3O2/c1-10(20)19-15(11-4-6-13(16)7-5-11)21-14(18-19)12-3-2-8-17-9-12/h2-9,15H,1H3/t15-/m1/s1. The molecule has 2 heterocycles. The zero-order valence-electron chi connectivity index (χ0n) is 11.2. The molecule has 1 aromatic heterocycles. The number of hydrogen-bond donors (Lipinski definition) is 0. The number of hydrogen-bond acceptors (Lipinski definition) is 4. The molecule has 0 aliphatic carbocycles. The molecule has 1 atom stereocenters. The molecule has 1 aliphatic heterocycles. The number of carbonyl (C=O) groups excluding carboxylic acids is 1. The number of pyridine rings is 1. The largest absolute Gasteiger partial charge is 0.446 e. The van der Waals surface area contributed by atoms with Crippen molar-refractivity contribution in [3.05, 3.63) is 65.7 Å². The molecule has 1 aliphatic rings. The van der Waals surface area contributed by atoms with Crippen molar-refractivity contribution in [2.24, 2.45) is 5.10 Å². The molecule has 0 bridgehead atoms. The first kappa shape index (κ1) is 13.2. The van der Waals surface area contributed by atoms with E-state index in [-0.39, 0.29) is 11.7 Å². The van der Waals surface area contributed by atoms with E-state index in [2.05, 4.69) is 10.1 Å². The third-order valence-corrected chi connectivity index (χ3v) is 3.03. The van der Waals surface area contributed by atoms with E-state index in [1.54, 1.807) is 36.7 Å². The van der Waals surface area contributed by atoms with Crippen LogP contribution in [0.5, 0.6) is 0 Å². The number of rotatable bonds is 2. The van der Waals surface area contributed by atoms with Gasteiger partial charge in [-0.05, 0) is 24.3 Å². The Hall–Kier alpha value is -2.76. The highest BCUT2D eigenvalue weighted by Gasteiger charge is 2.33. The van der Waals surface area contributed by atoms with Gasteiger partial charge < -0.3 is 4.74 Å². The zero-order chi connectivity index (χ0) is 14.8. The van der Waals surface area contributed by atoms with Gasteiger partial charge in [-0.25, -0.2) is 4.39 Å². The number of aromatic nitrogens is 1. The summed E-state index contributed by atoms with van der Waals surface area (Å²) in [6.45, 7) is 1.40. The summed E-state index contributed by atoms with van der Waals surface area (Å²) in [4.78, 5) is 15.7. The minimum absolute atomic E-state index is 0.261. The van der Waals surface area contributed by atoms with Crippen LogP contribution in [0.3, 0.4) is 0 Å². The highest BCUT2D eigenvalue weighted by molar-refractivity contribution is 5.96. The number of hydrazone groups is 1. The molecule has 0 radical (unpaired) electrons. The summed E-state index contributed by atoms with van der Waals surface area (Å²) in [5.41, 5.74) is 1.32. The Morgan fingerprint density at radius 3 is 2.67 bits per heavy atom. The van der Waals surface area contributed by atoms with E-state index in [1.807, 2.05) is 0 Å². The van der Waals surface area contributed by atoms with Crippen LogP contribution in [0.25, 0.3) is 0 Å². The van der Waals surface area contributed by atoms with Gasteiger partial charge in [-0.2, -0.15) is 5.01 Å². The predicted octanol–water partition coefficient (Wildman–Crippen LogP) is 2.46. The molecule has 3 rings (SSSR count). The third kappa shape index (κ3) is 2.60. The fourth-order valence-corrected chi connectivity index (χ4v) is 2.02. The van der Waals surface area contributed by atoms with Crippen LogP contribution < -0.4 is 0 Å². The van der Waals surface area contributed by atoms with Gasteiger partial charge in [0.25, 0.3) is 0 Å². The fraction of sp³-hybridized carbons (Fsp3) is 0.133. The average Bonchev–Trinajstić information content (AvgIpc) is 2.94. The monoisotopic (exact) mass is 285 g/mol. The Kier molecular flexibility index (Phi) is 3.35. The third-order valence-electron chi connectivity index (χ3n) is 3.03. The van der Waals surface area contributed by atoms with Crippen molar-refractivity contribution in [3.63, 3.8) is 0 Å². The first-order valence-electron chi connectivity index (χ1n) is 6.36. The number of amides is 1. The smallest absolute Gasteiger partial charge is 0.243 e. The molecule has 21 heavy (non-hydrogen) atoms. The number of halogens is 1. The second-order valence-corrected chi connectivity index (χ2v) is 4.53. The molecule has 2 aromatic rings. The van der Waals surface area contributed by atoms with Crippen molar-refractivity contribution in [2.75, 3.05) is 0 Å². The van der Waals surface area contributed by atoms with Gasteiger partial charge >= 0.3 is 0 Å². The van der Waals surface area contributed by atoms with Crippen molar-refractivity contribution >= 4 is 11.8 Å². The first-order chi connectivity index (χ1) is 10.1. The highest BCUT2D eigenvalue weighted by atomic mass is 19.1. The Morgan fingerprint density at radius 2 is 2.05 bits per heavy atom. The van der Waals surface area contributed by atoms with E-state index >= 15 is 0 Å². The van der Waals surface area contributed by atoms with Crippen molar-refractivity contribution in [1.29, 1.82) is 0 Å². The van der Waals surface area contributed by atoms with Gasteiger partial charge in [0, 0.05) is 24.9 Å². The second-order valence-electron chi connectivity index (χ2n) is 4.53. The van der Waals surface area contributed by atoms with Gasteiger partial charge in [0.05, 0.1) is 5.56 Å². The maximum Gasteiger partial charge on any atom is 0.243 e. The summed E-state index contributed by atoms with van der Waals surface area (Å²) in [5, 5.41) is 5.41. The van der Waals surface area contributed by atoms with E-state index in [9.17, 15) is 9.18 Å². The van der Waals surface area contributed by atoms with Gasteiger partial charge in [0.2, 0.25) is 18.0 Å². The molecule has 0 spiro atoms. The SMILES string of the molecule is CC(=O)N1N=C(c2cccnc2)O[C@@H]1c1ccc(F)cc1. The molecule has 1 amide bonds. The molecule has 106 valence electrons. The molecule has 1 aromatic carbocycles. The van der Waals surface area contributed by atoms with Crippen LogP contribution in [0.1, 0.15) is 24.3 Å². The van der Waals surface area contributed by atoms with Crippen LogP contribution in [-0.4, -0.2) is 21.8 Å². The van der Waals surface area contributed by atoms with Gasteiger partial charge in [0.15, 0.2) is 0 Å². The van der Waals surface area contributed by atoms with E-state index in [4.69, 9.17) is 4.74 Å². The van der Waals surface area contributed by atoms with Crippen molar-refractivity contribution in [3.8, 4) is 0 Å². The van der Waals surface area contributed by atoms with E-state index in [0.717, 1.165) is 0 Å². The summed E-state index contributed by atoms with van der Waals surface area (Å²) in [5.74, 6) is -0.296. The molecule has 6 heteroatoms. The van der Waals surface area contributed by atoms with Crippen LogP contribution in [0, 0.1) is 5.82 Å².